The maximum atomic E-state index is 11.9. The molecule has 0 aromatic carbocycles. The summed E-state index contributed by atoms with van der Waals surface area (Å²) in [4.78, 5) is 16.6. The number of nitrogens with zero attached hydrogens (tertiary/aromatic N) is 5. The molecule has 0 saturated carbocycles. The quantitative estimate of drug-likeness (QED) is 0.738. The lowest BCUT2D eigenvalue weighted by molar-refractivity contribution is 0.0992. The van der Waals surface area contributed by atoms with Gasteiger partial charge in [-0.05, 0) is 25.4 Å². The standard InChI is InChI=1S/C9H11N5OS/c1-3-14-8(10-5-11-14)4-7(15)9-6(2)12-13-16-9/h5H,3-4H2,1-2H3. The van der Waals surface area contributed by atoms with Crippen molar-refractivity contribution >= 4 is 17.3 Å². The molecule has 0 radical (unpaired) electrons. The average molecular weight is 237 g/mol. The van der Waals surface area contributed by atoms with Gasteiger partial charge in [-0.1, -0.05) is 4.49 Å². The van der Waals surface area contributed by atoms with E-state index in [-0.39, 0.29) is 12.2 Å². The number of hydrogen-bond acceptors (Lipinski definition) is 6. The van der Waals surface area contributed by atoms with E-state index in [2.05, 4.69) is 19.7 Å². The summed E-state index contributed by atoms with van der Waals surface area (Å²) in [7, 11) is 0. The molecule has 7 heteroatoms. The molecule has 2 aromatic rings. The van der Waals surface area contributed by atoms with Crippen LogP contribution in [-0.2, 0) is 13.0 Å². The van der Waals surface area contributed by atoms with Crippen molar-refractivity contribution in [1.82, 2.24) is 24.4 Å². The van der Waals surface area contributed by atoms with Crippen LogP contribution in [0, 0.1) is 6.92 Å². The average Bonchev–Trinajstić information content (AvgIpc) is 2.86. The largest absolute Gasteiger partial charge is 0.293 e. The maximum Gasteiger partial charge on any atom is 0.183 e. The summed E-state index contributed by atoms with van der Waals surface area (Å²) >= 11 is 1.12. The minimum absolute atomic E-state index is 0.00444. The molecule has 0 aliphatic carbocycles. The lowest BCUT2D eigenvalue weighted by Crippen LogP contribution is -2.10. The third-order valence-corrected chi connectivity index (χ3v) is 3.09. The first-order valence-corrected chi connectivity index (χ1v) is 5.68. The van der Waals surface area contributed by atoms with Crippen LogP contribution in [0.1, 0.15) is 28.1 Å². The Kier molecular flexibility index (Phi) is 3.04. The molecule has 84 valence electrons. The molecule has 0 spiro atoms. The van der Waals surface area contributed by atoms with E-state index in [0.717, 1.165) is 11.5 Å². The first-order chi connectivity index (χ1) is 7.72. The number of aromatic nitrogens is 5. The highest BCUT2D eigenvalue weighted by Crippen LogP contribution is 2.12. The molecule has 0 atom stereocenters. The zero-order chi connectivity index (χ0) is 11.5. The van der Waals surface area contributed by atoms with Gasteiger partial charge in [0.2, 0.25) is 0 Å². The Bertz CT molecular complexity index is 503. The Morgan fingerprint density at radius 2 is 2.38 bits per heavy atom. The third-order valence-electron chi connectivity index (χ3n) is 2.22. The van der Waals surface area contributed by atoms with Gasteiger partial charge >= 0.3 is 0 Å². The highest BCUT2D eigenvalue weighted by molar-refractivity contribution is 7.08. The second-order valence-electron chi connectivity index (χ2n) is 3.28. The molecule has 0 fully saturated rings. The minimum Gasteiger partial charge on any atom is -0.293 e. The van der Waals surface area contributed by atoms with Gasteiger partial charge in [-0.2, -0.15) is 5.10 Å². The van der Waals surface area contributed by atoms with E-state index >= 15 is 0 Å². The molecule has 0 N–H and O–H groups in total. The van der Waals surface area contributed by atoms with Crippen molar-refractivity contribution in [3.05, 3.63) is 22.7 Å². The third kappa shape index (κ3) is 1.99. The Hall–Kier alpha value is -1.63. The van der Waals surface area contributed by atoms with Crippen molar-refractivity contribution in [2.45, 2.75) is 26.8 Å². The van der Waals surface area contributed by atoms with E-state index in [1.807, 2.05) is 6.92 Å². The molecule has 2 heterocycles. The summed E-state index contributed by atoms with van der Waals surface area (Å²) in [5.74, 6) is 0.676. The molecule has 2 aromatic heterocycles. The molecule has 16 heavy (non-hydrogen) atoms. The summed E-state index contributed by atoms with van der Waals surface area (Å²) in [5, 5.41) is 7.83. The van der Waals surface area contributed by atoms with Gasteiger partial charge in [0.05, 0.1) is 12.1 Å². The van der Waals surface area contributed by atoms with Crippen LogP contribution in [0.4, 0.5) is 0 Å². The molecule has 0 unspecified atom stereocenters. The summed E-state index contributed by atoms with van der Waals surface area (Å²) < 4.78 is 5.45. The van der Waals surface area contributed by atoms with Crippen molar-refractivity contribution in [2.24, 2.45) is 0 Å². The van der Waals surface area contributed by atoms with Gasteiger partial charge in [0.15, 0.2) is 5.78 Å². The van der Waals surface area contributed by atoms with E-state index in [9.17, 15) is 4.79 Å². The van der Waals surface area contributed by atoms with Crippen LogP contribution >= 0.6 is 11.5 Å². The lowest BCUT2D eigenvalue weighted by Gasteiger charge is -2.00. The maximum absolute atomic E-state index is 11.9. The number of aryl methyl sites for hydroxylation is 2. The predicted molar refractivity (Wildman–Crippen MR) is 58.4 cm³/mol. The molecule has 0 aliphatic rings. The molecule has 0 amide bonds. The number of ketones is 1. The number of carbonyl (C=O) groups is 1. The van der Waals surface area contributed by atoms with E-state index < -0.39 is 0 Å². The summed E-state index contributed by atoms with van der Waals surface area (Å²) in [6.45, 7) is 4.45. The highest BCUT2D eigenvalue weighted by Gasteiger charge is 2.16. The molecule has 0 bridgehead atoms. The monoisotopic (exact) mass is 237 g/mol. The first-order valence-electron chi connectivity index (χ1n) is 4.91. The van der Waals surface area contributed by atoms with E-state index in [0.29, 0.717) is 22.9 Å². The van der Waals surface area contributed by atoms with E-state index in [4.69, 9.17) is 0 Å². The minimum atomic E-state index is -0.00444. The van der Waals surface area contributed by atoms with Gasteiger partial charge in [-0.15, -0.1) is 5.10 Å². The molecular weight excluding hydrogens is 226 g/mol. The van der Waals surface area contributed by atoms with Gasteiger partial charge in [0.1, 0.15) is 17.0 Å². The summed E-state index contributed by atoms with van der Waals surface area (Å²) in [6, 6.07) is 0. The van der Waals surface area contributed by atoms with Gasteiger partial charge in [-0.3, -0.25) is 4.79 Å². The molecular formula is C9H11N5OS. The number of Topliss-reactive ketones (excluding diaryl/α,β-unsaturated/α-hetero) is 1. The molecule has 6 nitrogen and oxygen atoms in total. The van der Waals surface area contributed by atoms with E-state index in [1.165, 1.54) is 6.33 Å². The molecule has 2 rings (SSSR count). The number of rotatable bonds is 4. The smallest absolute Gasteiger partial charge is 0.183 e. The van der Waals surface area contributed by atoms with E-state index in [1.54, 1.807) is 11.6 Å². The van der Waals surface area contributed by atoms with Crippen molar-refractivity contribution in [3.8, 4) is 0 Å². The Morgan fingerprint density at radius 3 is 3.00 bits per heavy atom. The predicted octanol–water partition coefficient (Wildman–Crippen LogP) is 0.883. The van der Waals surface area contributed by atoms with Crippen molar-refractivity contribution < 1.29 is 4.79 Å². The van der Waals surface area contributed by atoms with Gasteiger partial charge in [-0.25, -0.2) is 9.67 Å². The van der Waals surface area contributed by atoms with Crippen LogP contribution in [0.3, 0.4) is 0 Å². The van der Waals surface area contributed by atoms with Crippen LogP contribution < -0.4 is 0 Å². The SMILES string of the molecule is CCn1ncnc1CC(=O)c1snnc1C. The van der Waals surface area contributed by atoms with Crippen molar-refractivity contribution in [1.29, 1.82) is 0 Å². The van der Waals surface area contributed by atoms with Crippen LogP contribution in [0.5, 0.6) is 0 Å². The fraction of sp³-hybridized carbons (Fsp3) is 0.444. The van der Waals surface area contributed by atoms with Gasteiger partial charge in [0.25, 0.3) is 0 Å². The van der Waals surface area contributed by atoms with Crippen molar-refractivity contribution in [2.75, 3.05) is 0 Å². The Labute approximate surface area is 96.5 Å². The fourth-order valence-corrected chi connectivity index (χ4v) is 1.99. The van der Waals surface area contributed by atoms with Gasteiger partial charge < -0.3 is 0 Å². The number of hydrogen-bond donors (Lipinski definition) is 0. The Morgan fingerprint density at radius 1 is 1.56 bits per heavy atom. The normalized spacial score (nSPS) is 10.6. The zero-order valence-electron chi connectivity index (χ0n) is 9.04. The lowest BCUT2D eigenvalue weighted by atomic mass is 10.2. The molecule has 0 aliphatic heterocycles. The second kappa shape index (κ2) is 4.48. The highest BCUT2D eigenvalue weighted by atomic mass is 32.1. The topological polar surface area (TPSA) is 73.6 Å². The fourth-order valence-electron chi connectivity index (χ4n) is 1.40. The first kappa shape index (κ1) is 10.9. The van der Waals surface area contributed by atoms with Crippen molar-refractivity contribution in [3.63, 3.8) is 0 Å². The van der Waals surface area contributed by atoms with Crippen LogP contribution in [0.25, 0.3) is 0 Å². The summed E-state index contributed by atoms with van der Waals surface area (Å²) in [6.07, 6.45) is 1.71. The van der Waals surface area contributed by atoms with Crippen LogP contribution in [-0.4, -0.2) is 30.1 Å². The second-order valence-corrected chi connectivity index (χ2v) is 4.03. The van der Waals surface area contributed by atoms with Crippen LogP contribution in [0.15, 0.2) is 6.33 Å². The number of carbonyl (C=O) groups excluding carboxylic acids is 1. The summed E-state index contributed by atoms with van der Waals surface area (Å²) in [5.41, 5.74) is 0.678. The van der Waals surface area contributed by atoms with Crippen LogP contribution in [0.2, 0.25) is 0 Å². The van der Waals surface area contributed by atoms with Gasteiger partial charge in [0, 0.05) is 6.54 Å². The Balaban J connectivity index is 2.17. The zero-order valence-corrected chi connectivity index (χ0v) is 9.86. The molecule has 0 saturated heterocycles.